The summed E-state index contributed by atoms with van der Waals surface area (Å²) in [4.78, 5) is 5.56. The van der Waals surface area contributed by atoms with E-state index in [0.29, 0.717) is 6.04 Å². The molecular weight excluding hydrogens is 167 g/mol. The number of rotatable bonds is 3. The second-order valence-electron chi connectivity index (χ2n) is 3.20. The van der Waals surface area contributed by atoms with Gasteiger partial charge in [0.25, 0.3) is 0 Å². The number of anilines is 1. The maximum absolute atomic E-state index is 12.8. The lowest BCUT2D eigenvalue weighted by atomic mass is 10.2. The fourth-order valence-corrected chi connectivity index (χ4v) is 1.14. The maximum atomic E-state index is 12.8. The van der Waals surface area contributed by atoms with Gasteiger partial charge in [-0.15, -0.1) is 0 Å². The van der Waals surface area contributed by atoms with Crippen molar-refractivity contribution in [1.82, 2.24) is 4.98 Å². The fraction of sp³-hybridized carbons (Fsp3) is 0.500. The van der Waals surface area contributed by atoms with Gasteiger partial charge in [0, 0.05) is 31.0 Å². The van der Waals surface area contributed by atoms with Crippen LogP contribution in [-0.4, -0.2) is 18.1 Å². The molecule has 0 aliphatic carbocycles. The van der Waals surface area contributed by atoms with Gasteiger partial charge in [0.05, 0.1) is 0 Å². The Morgan fingerprint density at radius 1 is 1.62 bits per heavy atom. The SMILES string of the molecule is CCC(C)N(C)c1ccnc(F)c1. The molecule has 0 N–H and O–H groups in total. The first-order valence-corrected chi connectivity index (χ1v) is 4.49. The summed E-state index contributed by atoms with van der Waals surface area (Å²) in [5, 5.41) is 0. The molecule has 0 bridgehead atoms. The van der Waals surface area contributed by atoms with Crippen LogP contribution in [-0.2, 0) is 0 Å². The highest BCUT2D eigenvalue weighted by Gasteiger charge is 2.07. The van der Waals surface area contributed by atoms with Gasteiger partial charge in [0.2, 0.25) is 5.95 Å². The molecule has 0 aromatic carbocycles. The minimum Gasteiger partial charge on any atom is -0.372 e. The molecule has 3 heteroatoms. The second kappa shape index (κ2) is 4.21. The van der Waals surface area contributed by atoms with Crippen LogP contribution in [0, 0.1) is 5.95 Å². The van der Waals surface area contributed by atoms with Crippen molar-refractivity contribution < 1.29 is 4.39 Å². The first-order valence-electron chi connectivity index (χ1n) is 4.49. The van der Waals surface area contributed by atoms with E-state index in [2.05, 4.69) is 18.8 Å². The molecule has 0 spiro atoms. The van der Waals surface area contributed by atoms with E-state index in [-0.39, 0.29) is 0 Å². The predicted octanol–water partition coefficient (Wildman–Crippen LogP) is 2.46. The molecule has 1 aromatic rings. The van der Waals surface area contributed by atoms with Crippen molar-refractivity contribution in [2.45, 2.75) is 26.3 Å². The van der Waals surface area contributed by atoms with E-state index in [1.54, 1.807) is 0 Å². The number of aromatic nitrogens is 1. The van der Waals surface area contributed by atoms with E-state index in [4.69, 9.17) is 0 Å². The topological polar surface area (TPSA) is 16.1 Å². The zero-order valence-electron chi connectivity index (χ0n) is 8.29. The maximum Gasteiger partial charge on any atom is 0.214 e. The molecule has 0 fully saturated rings. The van der Waals surface area contributed by atoms with Crippen LogP contribution in [0.5, 0.6) is 0 Å². The lowest BCUT2D eigenvalue weighted by molar-refractivity contribution is 0.580. The normalized spacial score (nSPS) is 12.6. The van der Waals surface area contributed by atoms with E-state index in [0.717, 1.165) is 12.1 Å². The quantitative estimate of drug-likeness (QED) is 0.667. The lowest BCUT2D eigenvalue weighted by Gasteiger charge is -2.25. The third-order valence-corrected chi connectivity index (χ3v) is 2.37. The van der Waals surface area contributed by atoms with Crippen molar-refractivity contribution in [3.05, 3.63) is 24.3 Å². The fourth-order valence-electron chi connectivity index (χ4n) is 1.14. The van der Waals surface area contributed by atoms with Crippen LogP contribution < -0.4 is 4.90 Å². The van der Waals surface area contributed by atoms with Crippen LogP contribution in [0.1, 0.15) is 20.3 Å². The number of pyridine rings is 1. The van der Waals surface area contributed by atoms with Crippen LogP contribution in [0.3, 0.4) is 0 Å². The van der Waals surface area contributed by atoms with E-state index in [9.17, 15) is 4.39 Å². The smallest absolute Gasteiger partial charge is 0.214 e. The van der Waals surface area contributed by atoms with Crippen molar-refractivity contribution in [1.29, 1.82) is 0 Å². The van der Waals surface area contributed by atoms with Gasteiger partial charge in [0.15, 0.2) is 0 Å². The lowest BCUT2D eigenvalue weighted by Crippen LogP contribution is -2.27. The van der Waals surface area contributed by atoms with Crippen molar-refractivity contribution in [3.8, 4) is 0 Å². The molecule has 13 heavy (non-hydrogen) atoms. The summed E-state index contributed by atoms with van der Waals surface area (Å²) in [5.74, 6) is -0.423. The standard InChI is InChI=1S/C10H15FN2/c1-4-8(2)13(3)9-5-6-12-10(11)7-9/h5-8H,4H2,1-3H3. The molecule has 1 aromatic heterocycles. The summed E-state index contributed by atoms with van der Waals surface area (Å²) in [6.45, 7) is 4.22. The van der Waals surface area contributed by atoms with Gasteiger partial charge in [-0.05, 0) is 19.4 Å². The molecule has 0 aliphatic rings. The molecule has 0 saturated carbocycles. The minimum absolute atomic E-state index is 0.418. The molecule has 0 aliphatic heterocycles. The molecule has 0 saturated heterocycles. The largest absolute Gasteiger partial charge is 0.372 e. The average Bonchev–Trinajstić information content (AvgIpc) is 2.15. The van der Waals surface area contributed by atoms with Crippen LogP contribution >= 0.6 is 0 Å². The number of nitrogens with zero attached hydrogens (tertiary/aromatic N) is 2. The summed E-state index contributed by atoms with van der Waals surface area (Å²) in [6, 6.07) is 3.68. The van der Waals surface area contributed by atoms with Gasteiger partial charge < -0.3 is 4.90 Å². The number of hydrogen-bond acceptors (Lipinski definition) is 2. The summed E-state index contributed by atoms with van der Waals surface area (Å²) >= 11 is 0. The highest BCUT2D eigenvalue weighted by Crippen LogP contribution is 2.15. The van der Waals surface area contributed by atoms with Crippen LogP contribution in [0.4, 0.5) is 10.1 Å². The summed E-state index contributed by atoms with van der Waals surface area (Å²) in [7, 11) is 1.96. The third-order valence-electron chi connectivity index (χ3n) is 2.37. The van der Waals surface area contributed by atoms with Gasteiger partial charge >= 0.3 is 0 Å². The van der Waals surface area contributed by atoms with Crippen LogP contribution in [0.25, 0.3) is 0 Å². The molecule has 1 atom stereocenters. The summed E-state index contributed by atoms with van der Waals surface area (Å²) in [6.07, 6.45) is 2.53. The van der Waals surface area contributed by atoms with Crippen LogP contribution in [0.2, 0.25) is 0 Å². The van der Waals surface area contributed by atoms with Crippen molar-refractivity contribution in [2.24, 2.45) is 0 Å². The molecule has 1 rings (SSSR count). The van der Waals surface area contributed by atoms with Crippen molar-refractivity contribution in [2.75, 3.05) is 11.9 Å². The predicted molar refractivity (Wildman–Crippen MR) is 52.4 cm³/mol. The second-order valence-corrected chi connectivity index (χ2v) is 3.20. The van der Waals surface area contributed by atoms with Crippen molar-refractivity contribution >= 4 is 5.69 Å². The third kappa shape index (κ3) is 2.41. The van der Waals surface area contributed by atoms with E-state index in [1.165, 1.54) is 12.3 Å². The zero-order valence-corrected chi connectivity index (χ0v) is 8.29. The van der Waals surface area contributed by atoms with Gasteiger partial charge in [0.1, 0.15) is 0 Å². The Balaban J connectivity index is 2.82. The number of halogens is 1. The zero-order chi connectivity index (χ0) is 9.84. The average molecular weight is 182 g/mol. The summed E-state index contributed by atoms with van der Waals surface area (Å²) in [5.41, 5.74) is 0.877. The van der Waals surface area contributed by atoms with Gasteiger partial charge in [-0.25, -0.2) is 4.98 Å². The van der Waals surface area contributed by atoms with Crippen molar-refractivity contribution in [3.63, 3.8) is 0 Å². The highest BCUT2D eigenvalue weighted by atomic mass is 19.1. The highest BCUT2D eigenvalue weighted by molar-refractivity contribution is 5.44. The Morgan fingerprint density at radius 3 is 2.85 bits per heavy atom. The van der Waals surface area contributed by atoms with E-state index in [1.807, 2.05) is 18.0 Å². The Kier molecular flexibility index (Phi) is 3.23. The Morgan fingerprint density at radius 2 is 2.31 bits per heavy atom. The molecule has 0 amide bonds. The molecular formula is C10H15FN2. The Labute approximate surface area is 78.4 Å². The first-order chi connectivity index (χ1) is 6.15. The molecule has 1 heterocycles. The number of hydrogen-bond donors (Lipinski definition) is 0. The van der Waals surface area contributed by atoms with Gasteiger partial charge in [-0.1, -0.05) is 6.92 Å². The first kappa shape index (κ1) is 9.96. The van der Waals surface area contributed by atoms with E-state index >= 15 is 0 Å². The van der Waals surface area contributed by atoms with Crippen LogP contribution in [0.15, 0.2) is 18.3 Å². The molecule has 72 valence electrons. The molecule has 0 radical (unpaired) electrons. The van der Waals surface area contributed by atoms with E-state index < -0.39 is 5.95 Å². The molecule has 2 nitrogen and oxygen atoms in total. The molecule has 1 unspecified atom stereocenters. The van der Waals surface area contributed by atoms with Gasteiger partial charge in [-0.3, -0.25) is 0 Å². The van der Waals surface area contributed by atoms with Gasteiger partial charge in [-0.2, -0.15) is 4.39 Å². The Bertz CT molecular complexity index is 275. The monoisotopic (exact) mass is 182 g/mol. The Hall–Kier alpha value is -1.12. The summed E-state index contributed by atoms with van der Waals surface area (Å²) < 4.78 is 12.8. The minimum atomic E-state index is -0.423.